The third kappa shape index (κ3) is 3.27. The van der Waals surface area contributed by atoms with Crippen LogP contribution in [0, 0.1) is 5.92 Å². The number of carbonyl (C=O) groups is 1. The minimum absolute atomic E-state index is 0.0105. The van der Waals surface area contributed by atoms with Gasteiger partial charge in [-0.15, -0.1) is 0 Å². The Morgan fingerprint density at radius 1 is 1.50 bits per heavy atom. The number of ether oxygens (including phenoxy) is 1. The van der Waals surface area contributed by atoms with Gasteiger partial charge in [0, 0.05) is 0 Å². The summed E-state index contributed by atoms with van der Waals surface area (Å²) in [4.78, 5) is 11.2. The van der Waals surface area contributed by atoms with Crippen molar-refractivity contribution in [1.29, 1.82) is 0 Å². The van der Waals surface area contributed by atoms with Crippen LogP contribution in [-0.4, -0.2) is 29.8 Å². The summed E-state index contributed by atoms with van der Waals surface area (Å²) in [6.07, 6.45) is 4.06. The standard InChI is InChI=1S/C10H19NO3/c1-7-2-4-8(5-3-7)14-10(13)9(11)6-12/h7-9,12H,2-6,11H2,1H3. The van der Waals surface area contributed by atoms with Gasteiger partial charge >= 0.3 is 5.97 Å². The molecule has 0 radical (unpaired) electrons. The van der Waals surface area contributed by atoms with Gasteiger partial charge in [-0.05, 0) is 31.6 Å². The second-order valence-electron chi connectivity index (χ2n) is 4.11. The zero-order chi connectivity index (χ0) is 10.6. The molecular formula is C10H19NO3. The van der Waals surface area contributed by atoms with Crippen molar-refractivity contribution < 1.29 is 14.6 Å². The van der Waals surface area contributed by atoms with Crippen LogP contribution >= 0.6 is 0 Å². The van der Waals surface area contributed by atoms with Crippen LogP contribution in [0.25, 0.3) is 0 Å². The van der Waals surface area contributed by atoms with Crippen molar-refractivity contribution in [2.45, 2.75) is 44.8 Å². The fourth-order valence-electron chi connectivity index (χ4n) is 1.67. The third-order valence-corrected chi connectivity index (χ3v) is 2.75. The van der Waals surface area contributed by atoms with E-state index in [4.69, 9.17) is 15.6 Å². The maximum absolute atomic E-state index is 11.2. The first-order valence-corrected chi connectivity index (χ1v) is 5.20. The summed E-state index contributed by atoms with van der Waals surface area (Å²) in [6.45, 7) is 1.86. The van der Waals surface area contributed by atoms with Crippen LogP contribution < -0.4 is 5.73 Å². The number of nitrogens with two attached hydrogens (primary N) is 1. The van der Waals surface area contributed by atoms with Gasteiger partial charge in [0.1, 0.15) is 12.1 Å². The summed E-state index contributed by atoms with van der Waals surface area (Å²) in [5, 5.41) is 8.65. The monoisotopic (exact) mass is 201 g/mol. The second-order valence-corrected chi connectivity index (χ2v) is 4.11. The third-order valence-electron chi connectivity index (χ3n) is 2.75. The van der Waals surface area contributed by atoms with Crippen molar-refractivity contribution in [1.82, 2.24) is 0 Å². The zero-order valence-electron chi connectivity index (χ0n) is 8.61. The Labute approximate surface area is 84.4 Å². The van der Waals surface area contributed by atoms with Crippen LogP contribution in [0.1, 0.15) is 32.6 Å². The Morgan fingerprint density at radius 3 is 2.57 bits per heavy atom. The van der Waals surface area contributed by atoms with Crippen LogP contribution in [0.3, 0.4) is 0 Å². The molecule has 4 nitrogen and oxygen atoms in total. The summed E-state index contributed by atoms with van der Waals surface area (Å²) in [7, 11) is 0. The number of carbonyl (C=O) groups excluding carboxylic acids is 1. The highest BCUT2D eigenvalue weighted by molar-refractivity contribution is 5.75. The molecular weight excluding hydrogens is 182 g/mol. The Morgan fingerprint density at radius 2 is 2.07 bits per heavy atom. The molecule has 1 atom stereocenters. The molecule has 1 unspecified atom stereocenters. The molecule has 3 N–H and O–H groups in total. The number of aliphatic hydroxyl groups is 1. The van der Waals surface area contributed by atoms with Gasteiger partial charge in [0.2, 0.25) is 0 Å². The first kappa shape index (κ1) is 11.5. The highest BCUT2D eigenvalue weighted by Gasteiger charge is 2.23. The average molecular weight is 201 g/mol. The van der Waals surface area contributed by atoms with E-state index in [0.29, 0.717) is 0 Å². The number of hydrogen-bond acceptors (Lipinski definition) is 4. The van der Waals surface area contributed by atoms with Gasteiger partial charge in [-0.2, -0.15) is 0 Å². The van der Waals surface area contributed by atoms with E-state index in [1.807, 2.05) is 0 Å². The van der Waals surface area contributed by atoms with E-state index in [-0.39, 0.29) is 12.7 Å². The maximum Gasteiger partial charge on any atom is 0.325 e. The predicted molar refractivity (Wildman–Crippen MR) is 52.6 cm³/mol. The lowest BCUT2D eigenvalue weighted by atomic mass is 9.89. The molecule has 1 aliphatic rings. The van der Waals surface area contributed by atoms with Crippen molar-refractivity contribution >= 4 is 5.97 Å². The molecule has 0 saturated heterocycles. The molecule has 1 rings (SSSR count). The summed E-state index contributed by atoms with van der Waals surface area (Å²) < 4.78 is 5.17. The summed E-state index contributed by atoms with van der Waals surface area (Å²) >= 11 is 0. The smallest absolute Gasteiger partial charge is 0.325 e. The Hall–Kier alpha value is -0.610. The molecule has 82 valence electrons. The molecule has 1 aliphatic carbocycles. The van der Waals surface area contributed by atoms with Crippen molar-refractivity contribution in [2.24, 2.45) is 11.7 Å². The quantitative estimate of drug-likeness (QED) is 0.649. The number of rotatable bonds is 3. The minimum atomic E-state index is -0.880. The van der Waals surface area contributed by atoms with Gasteiger partial charge in [0.05, 0.1) is 6.61 Å². The number of esters is 1. The number of hydrogen-bond donors (Lipinski definition) is 2. The first-order chi connectivity index (χ1) is 6.63. The molecule has 14 heavy (non-hydrogen) atoms. The van der Waals surface area contributed by atoms with Crippen LogP contribution in [0.4, 0.5) is 0 Å². The normalized spacial score (nSPS) is 29.6. The van der Waals surface area contributed by atoms with Crippen molar-refractivity contribution in [2.75, 3.05) is 6.61 Å². The lowest BCUT2D eigenvalue weighted by Gasteiger charge is -2.26. The van der Waals surface area contributed by atoms with Crippen LogP contribution in [0.5, 0.6) is 0 Å². The Balaban J connectivity index is 2.27. The summed E-state index contributed by atoms with van der Waals surface area (Å²) in [5.74, 6) is 0.253. The minimum Gasteiger partial charge on any atom is -0.461 e. The molecule has 0 bridgehead atoms. The SMILES string of the molecule is CC1CCC(OC(=O)C(N)CO)CC1. The molecule has 0 aliphatic heterocycles. The molecule has 1 fully saturated rings. The molecule has 0 heterocycles. The average Bonchev–Trinajstić information content (AvgIpc) is 2.20. The fourth-order valence-corrected chi connectivity index (χ4v) is 1.67. The molecule has 0 aromatic rings. The van der Waals surface area contributed by atoms with E-state index in [9.17, 15) is 4.79 Å². The highest BCUT2D eigenvalue weighted by atomic mass is 16.5. The van der Waals surface area contributed by atoms with Crippen LogP contribution in [0.15, 0.2) is 0 Å². The van der Waals surface area contributed by atoms with Gasteiger partial charge in [-0.25, -0.2) is 0 Å². The Bertz CT molecular complexity index is 188. The Kier molecular flexibility index (Phi) is 4.35. The largest absolute Gasteiger partial charge is 0.461 e. The van der Waals surface area contributed by atoms with Crippen molar-refractivity contribution in [3.63, 3.8) is 0 Å². The topological polar surface area (TPSA) is 72.5 Å². The van der Waals surface area contributed by atoms with Crippen LogP contribution in [-0.2, 0) is 9.53 Å². The van der Waals surface area contributed by atoms with E-state index in [2.05, 4.69) is 6.92 Å². The highest BCUT2D eigenvalue weighted by Crippen LogP contribution is 2.25. The first-order valence-electron chi connectivity index (χ1n) is 5.20. The van der Waals surface area contributed by atoms with E-state index >= 15 is 0 Å². The summed E-state index contributed by atoms with van der Waals surface area (Å²) in [6, 6.07) is -0.880. The van der Waals surface area contributed by atoms with Gasteiger partial charge in [-0.1, -0.05) is 6.92 Å². The van der Waals surface area contributed by atoms with Crippen molar-refractivity contribution in [3.8, 4) is 0 Å². The second kappa shape index (κ2) is 5.32. The van der Waals surface area contributed by atoms with E-state index in [1.165, 1.54) is 0 Å². The van der Waals surface area contributed by atoms with Gasteiger partial charge in [0.15, 0.2) is 0 Å². The molecule has 0 aromatic carbocycles. The van der Waals surface area contributed by atoms with Gasteiger partial charge < -0.3 is 15.6 Å². The van der Waals surface area contributed by atoms with E-state index in [0.717, 1.165) is 31.6 Å². The molecule has 0 spiro atoms. The zero-order valence-corrected chi connectivity index (χ0v) is 8.61. The lowest BCUT2D eigenvalue weighted by molar-refractivity contribution is -0.153. The lowest BCUT2D eigenvalue weighted by Crippen LogP contribution is -2.38. The maximum atomic E-state index is 11.2. The van der Waals surface area contributed by atoms with Crippen LogP contribution in [0.2, 0.25) is 0 Å². The molecule has 1 saturated carbocycles. The number of aliphatic hydroxyl groups excluding tert-OH is 1. The summed E-state index contributed by atoms with van der Waals surface area (Å²) in [5.41, 5.74) is 5.34. The molecule has 4 heteroatoms. The van der Waals surface area contributed by atoms with E-state index in [1.54, 1.807) is 0 Å². The van der Waals surface area contributed by atoms with Gasteiger partial charge in [0.25, 0.3) is 0 Å². The molecule has 0 aromatic heterocycles. The van der Waals surface area contributed by atoms with E-state index < -0.39 is 12.0 Å². The fraction of sp³-hybridized carbons (Fsp3) is 0.900. The predicted octanol–water partition coefficient (Wildman–Crippen LogP) is 0.428. The molecule has 0 amide bonds. The van der Waals surface area contributed by atoms with Gasteiger partial charge in [-0.3, -0.25) is 4.79 Å². The van der Waals surface area contributed by atoms with Crippen molar-refractivity contribution in [3.05, 3.63) is 0 Å².